The van der Waals surface area contributed by atoms with E-state index in [4.69, 9.17) is 25.4 Å². The van der Waals surface area contributed by atoms with Crippen molar-refractivity contribution < 1.29 is 8.83 Å². The zero-order chi connectivity index (χ0) is 19.4. The van der Waals surface area contributed by atoms with Crippen LogP contribution in [0, 0.1) is 0 Å². The first-order valence-corrected chi connectivity index (χ1v) is 9.71. The summed E-state index contributed by atoms with van der Waals surface area (Å²) in [7, 11) is 0. The Hall–Kier alpha value is -3.56. The molecule has 4 heteroatoms. The molecule has 0 saturated heterocycles. The lowest BCUT2D eigenvalue weighted by molar-refractivity contribution is 0.617. The molecule has 0 bridgehead atoms. The summed E-state index contributed by atoms with van der Waals surface area (Å²) in [6, 6.07) is 28.0. The summed E-state index contributed by atoms with van der Waals surface area (Å²) in [6.45, 7) is 0. The van der Waals surface area contributed by atoms with Gasteiger partial charge in [0.2, 0.25) is 5.89 Å². The number of rotatable bonds is 2. The third-order valence-electron chi connectivity index (χ3n) is 5.18. The van der Waals surface area contributed by atoms with Gasteiger partial charge in [-0.25, -0.2) is 4.98 Å². The van der Waals surface area contributed by atoms with Gasteiger partial charge in [0.25, 0.3) is 0 Å². The van der Waals surface area contributed by atoms with Crippen LogP contribution in [-0.4, -0.2) is 4.98 Å². The smallest absolute Gasteiger partial charge is 0.227 e. The van der Waals surface area contributed by atoms with Crippen LogP contribution in [0.3, 0.4) is 0 Å². The number of aromatic nitrogens is 1. The topological polar surface area (TPSA) is 39.2 Å². The fourth-order valence-corrected chi connectivity index (χ4v) is 3.90. The standard InChI is InChI=1S/C25H14ClNO2/c26-18-10-11-22-19(12-18)20-13-21-24(14-23(20)28-22)29-25(27-21)17-8-6-16(7-9-17)15-4-2-1-3-5-15/h1-14H. The van der Waals surface area contributed by atoms with E-state index in [2.05, 4.69) is 24.3 Å². The van der Waals surface area contributed by atoms with Crippen LogP contribution in [0.15, 0.2) is 93.8 Å². The maximum atomic E-state index is 6.16. The van der Waals surface area contributed by atoms with Crippen molar-refractivity contribution in [3.63, 3.8) is 0 Å². The van der Waals surface area contributed by atoms with Gasteiger partial charge in [0.1, 0.15) is 16.7 Å². The highest BCUT2D eigenvalue weighted by Crippen LogP contribution is 2.35. The molecule has 0 atom stereocenters. The van der Waals surface area contributed by atoms with E-state index in [1.165, 1.54) is 5.56 Å². The van der Waals surface area contributed by atoms with Crippen LogP contribution in [0.4, 0.5) is 0 Å². The second-order valence-corrected chi connectivity index (χ2v) is 7.46. The lowest BCUT2D eigenvalue weighted by Gasteiger charge is -2.02. The molecule has 0 spiro atoms. The van der Waals surface area contributed by atoms with Crippen LogP contribution in [0.25, 0.3) is 55.6 Å². The molecule has 0 saturated carbocycles. The molecule has 0 unspecified atom stereocenters. The van der Waals surface area contributed by atoms with Gasteiger partial charge in [-0.15, -0.1) is 0 Å². The quantitative estimate of drug-likeness (QED) is 0.301. The van der Waals surface area contributed by atoms with E-state index >= 15 is 0 Å². The van der Waals surface area contributed by atoms with E-state index in [-0.39, 0.29) is 0 Å². The minimum absolute atomic E-state index is 0.592. The molecule has 6 aromatic rings. The molecule has 3 nitrogen and oxygen atoms in total. The molecule has 29 heavy (non-hydrogen) atoms. The molecule has 0 amide bonds. The SMILES string of the molecule is Clc1ccc2oc3cc4oc(-c5ccc(-c6ccccc6)cc5)nc4cc3c2c1. The van der Waals surface area contributed by atoms with Crippen LogP contribution in [-0.2, 0) is 0 Å². The van der Waals surface area contributed by atoms with E-state index in [1.54, 1.807) is 0 Å². The summed E-state index contributed by atoms with van der Waals surface area (Å²) in [6.07, 6.45) is 0. The van der Waals surface area contributed by atoms with Gasteiger partial charge in [-0.1, -0.05) is 54.1 Å². The first-order chi connectivity index (χ1) is 14.2. The fourth-order valence-electron chi connectivity index (χ4n) is 3.73. The first kappa shape index (κ1) is 16.4. The van der Waals surface area contributed by atoms with Gasteiger partial charge in [0.15, 0.2) is 5.58 Å². The van der Waals surface area contributed by atoms with E-state index in [1.807, 2.05) is 60.7 Å². The Labute approximate surface area is 171 Å². The predicted molar refractivity (Wildman–Crippen MR) is 117 cm³/mol. The normalized spacial score (nSPS) is 11.6. The van der Waals surface area contributed by atoms with Gasteiger partial charge >= 0.3 is 0 Å². The highest BCUT2D eigenvalue weighted by molar-refractivity contribution is 6.31. The third kappa shape index (κ3) is 2.71. The molecule has 0 fully saturated rings. The summed E-state index contributed by atoms with van der Waals surface area (Å²) in [4.78, 5) is 4.70. The Balaban J connectivity index is 1.45. The summed E-state index contributed by atoms with van der Waals surface area (Å²) in [5, 5.41) is 2.64. The molecule has 4 aromatic carbocycles. The zero-order valence-electron chi connectivity index (χ0n) is 15.2. The molecule has 0 N–H and O–H groups in total. The predicted octanol–water partition coefficient (Wildman–Crippen LogP) is 7.71. The first-order valence-electron chi connectivity index (χ1n) is 9.33. The maximum absolute atomic E-state index is 6.16. The summed E-state index contributed by atoms with van der Waals surface area (Å²) in [5.41, 5.74) is 6.33. The molecule has 6 rings (SSSR count). The highest BCUT2D eigenvalue weighted by Gasteiger charge is 2.14. The lowest BCUT2D eigenvalue weighted by atomic mass is 10.0. The monoisotopic (exact) mass is 395 g/mol. The molecule has 2 aromatic heterocycles. The third-order valence-corrected chi connectivity index (χ3v) is 5.42. The van der Waals surface area contributed by atoms with Crippen molar-refractivity contribution in [2.45, 2.75) is 0 Å². The fraction of sp³-hybridized carbons (Fsp3) is 0. The molecular weight excluding hydrogens is 382 g/mol. The van der Waals surface area contributed by atoms with Gasteiger partial charge in [-0.3, -0.25) is 0 Å². The van der Waals surface area contributed by atoms with Crippen molar-refractivity contribution in [1.82, 2.24) is 4.98 Å². The van der Waals surface area contributed by atoms with Gasteiger partial charge in [0.05, 0.1) is 0 Å². The summed E-state index contributed by atoms with van der Waals surface area (Å²) >= 11 is 6.16. The number of oxazole rings is 1. The number of benzene rings is 4. The highest BCUT2D eigenvalue weighted by atomic mass is 35.5. The summed E-state index contributed by atoms with van der Waals surface area (Å²) < 4.78 is 12.0. The van der Waals surface area contributed by atoms with E-state index in [0.717, 1.165) is 38.6 Å². The second kappa shape index (κ2) is 6.23. The van der Waals surface area contributed by atoms with Crippen LogP contribution < -0.4 is 0 Å². The molecule has 138 valence electrons. The van der Waals surface area contributed by atoms with Crippen molar-refractivity contribution in [2.75, 3.05) is 0 Å². The van der Waals surface area contributed by atoms with Crippen molar-refractivity contribution in [2.24, 2.45) is 0 Å². The average molecular weight is 396 g/mol. The van der Waals surface area contributed by atoms with Crippen LogP contribution in [0.1, 0.15) is 0 Å². The minimum atomic E-state index is 0.592. The van der Waals surface area contributed by atoms with Crippen molar-refractivity contribution >= 4 is 44.6 Å². The number of furan rings is 1. The minimum Gasteiger partial charge on any atom is -0.456 e. The molecule has 0 aliphatic rings. The number of fused-ring (bicyclic) bond motifs is 4. The summed E-state index contributed by atoms with van der Waals surface area (Å²) in [5.74, 6) is 0.592. The van der Waals surface area contributed by atoms with E-state index in [0.29, 0.717) is 16.5 Å². The number of hydrogen-bond donors (Lipinski definition) is 0. The number of hydrogen-bond acceptors (Lipinski definition) is 3. The van der Waals surface area contributed by atoms with Crippen molar-refractivity contribution in [3.05, 3.63) is 90.0 Å². The maximum Gasteiger partial charge on any atom is 0.227 e. The number of halogens is 1. The second-order valence-electron chi connectivity index (χ2n) is 7.02. The van der Waals surface area contributed by atoms with Gasteiger partial charge in [-0.2, -0.15) is 0 Å². The van der Waals surface area contributed by atoms with Gasteiger partial charge in [-0.05, 0) is 47.5 Å². The Morgan fingerprint density at radius 3 is 2.14 bits per heavy atom. The van der Waals surface area contributed by atoms with Gasteiger partial charge in [0, 0.05) is 27.4 Å². The van der Waals surface area contributed by atoms with E-state index in [9.17, 15) is 0 Å². The molecular formula is C25H14ClNO2. The Kier molecular flexibility index (Phi) is 3.52. The molecule has 0 aliphatic carbocycles. The Bertz CT molecular complexity index is 1500. The van der Waals surface area contributed by atoms with Crippen LogP contribution in [0.5, 0.6) is 0 Å². The largest absolute Gasteiger partial charge is 0.456 e. The van der Waals surface area contributed by atoms with Crippen LogP contribution in [0.2, 0.25) is 5.02 Å². The van der Waals surface area contributed by atoms with Crippen LogP contribution >= 0.6 is 11.6 Å². The Morgan fingerprint density at radius 2 is 1.31 bits per heavy atom. The average Bonchev–Trinajstić information content (AvgIpc) is 3.33. The molecule has 0 aliphatic heterocycles. The zero-order valence-corrected chi connectivity index (χ0v) is 16.0. The lowest BCUT2D eigenvalue weighted by Crippen LogP contribution is -1.80. The molecule has 2 heterocycles. The van der Waals surface area contributed by atoms with Crippen molar-refractivity contribution in [1.29, 1.82) is 0 Å². The van der Waals surface area contributed by atoms with E-state index < -0.39 is 0 Å². The number of nitrogens with zero attached hydrogens (tertiary/aromatic N) is 1. The Morgan fingerprint density at radius 1 is 0.586 bits per heavy atom. The molecule has 0 radical (unpaired) electrons. The van der Waals surface area contributed by atoms with Gasteiger partial charge < -0.3 is 8.83 Å². The van der Waals surface area contributed by atoms with Crippen molar-refractivity contribution in [3.8, 4) is 22.6 Å².